The van der Waals surface area contributed by atoms with Gasteiger partial charge in [-0.1, -0.05) is 41.9 Å². The highest BCUT2D eigenvalue weighted by molar-refractivity contribution is 9.10. The zero-order chi connectivity index (χ0) is 26.2. The molecule has 0 aliphatic heterocycles. The van der Waals surface area contributed by atoms with Crippen LogP contribution in [0.3, 0.4) is 0 Å². The lowest BCUT2D eigenvalue weighted by Crippen LogP contribution is -2.13. The van der Waals surface area contributed by atoms with Crippen molar-refractivity contribution in [2.75, 3.05) is 10.0 Å². The molecule has 0 saturated carbocycles. The molecule has 2 aromatic heterocycles. The van der Waals surface area contributed by atoms with Gasteiger partial charge >= 0.3 is 0 Å². The fourth-order valence-corrected chi connectivity index (χ4v) is 5.33. The van der Waals surface area contributed by atoms with Gasteiger partial charge in [-0.15, -0.1) is 0 Å². The van der Waals surface area contributed by atoms with E-state index in [1.807, 2.05) is 24.3 Å². The maximum absolute atomic E-state index is 13.5. The van der Waals surface area contributed by atoms with E-state index in [2.05, 4.69) is 36.1 Å². The lowest BCUT2D eigenvalue weighted by Gasteiger charge is -2.12. The molecular weight excluding hydrogens is 588 g/mol. The zero-order valence-electron chi connectivity index (χ0n) is 18.8. The van der Waals surface area contributed by atoms with Crippen LogP contribution in [0.5, 0.6) is 0 Å². The van der Waals surface area contributed by atoms with Crippen LogP contribution in [0.15, 0.2) is 88.4 Å². The molecule has 5 rings (SSSR count). The Kier molecular flexibility index (Phi) is 6.84. The van der Waals surface area contributed by atoms with Crippen LogP contribution in [-0.2, 0) is 16.6 Å². The predicted molar refractivity (Wildman–Crippen MR) is 142 cm³/mol. The van der Waals surface area contributed by atoms with E-state index >= 15 is 0 Å². The van der Waals surface area contributed by atoms with Crippen molar-refractivity contribution in [3.05, 3.63) is 106 Å². The minimum absolute atomic E-state index is 0.247. The summed E-state index contributed by atoms with van der Waals surface area (Å²) in [5.41, 5.74) is 3.14. The molecule has 0 aliphatic carbocycles. The van der Waals surface area contributed by atoms with E-state index in [1.54, 1.807) is 41.0 Å². The number of nitrogens with zero attached hydrogens (tertiary/aromatic N) is 3. The van der Waals surface area contributed by atoms with Crippen molar-refractivity contribution >= 4 is 54.7 Å². The van der Waals surface area contributed by atoms with Crippen LogP contribution in [0.2, 0.25) is 5.02 Å². The van der Waals surface area contributed by atoms with Crippen LogP contribution < -0.4 is 10.0 Å². The maximum Gasteiger partial charge on any atom is 0.262 e. The average molecular weight is 605 g/mol. The summed E-state index contributed by atoms with van der Waals surface area (Å²) in [6, 6.07) is 17.9. The molecule has 0 aliphatic rings. The van der Waals surface area contributed by atoms with E-state index in [4.69, 9.17) is 11.6 Å². The van der Waals surface area contributed by atoms with Gasteiger partial charge in [0.15, 0.2) is 5.65 Å². The van der Waals surface area contributed by atoms with Crippen molar-refractivity contribution in [1.82, 2.24) is 14.6 Å². The Morgan fingerprint density at radius 3 is 2.38 bits per heavy atom. The molecule has 0 radical (unpaired) electrons. The molecule has 0 amide bonds. The third-order valence-electron chi connectivity index (χ3n) is 5.40. The number of nitrogens with one attached hydrogen (secondary N) is 2. The molecule has 37 heavy (non-hydrogen) atoms. The number of sulfonamides is 1. The van der Waals surface area contributed by atoms with E-state index in [0.29, 0.717) is 34.8 Å². The summed E-state index contributed by atoms with van der Waals surface area (Å²) in [7, 11) is -4.16. The maximum atomic E-state index is 13.5. The molecule has 5 aromatic rings. The molecule has 0 saturated heterocycles. The number of benzene rings is 3. The van der Waals surface area contributed by atoms with Crippen LogP contribution in [-0.4, -0.2) is 23.0 Å². The monoisotopic (exact) mass is 603 g/mol. The van der Waals surface area contributed by atoms with E-state index in [9.17, 15) is 17.2 Å². The minimum atomic E-state index is -4.16. The SMILES string of the molecule is O=S(=O)(Nc1ccc(CNc2cc(-c3ccccc3Cl)nc3c(Br)cnn23)cc1)c1cc(F)cc(F)c1. The third-order valence-corrected chi connectivity index (χ3v) is 7.65. The smallest absolute Gasteiger partial charge is 0.262 e. The first-order valence-corrected chi connectivity index (χ1v) is 13.5. The van der Waals surface area contributed by atoms with Gasteiger partial charge in [0.25, 0.3) is 10.0 Å². The van der Waals surface area contributed by atoms with Gasteiger partial charge in [-0.3, -0.25) is 4.72 Å². The van der Waals surface area contributed by atoms with E-state index in [1.165, 1.54) is 0 Å². The number of aromatic nitrogens is 3. The first-order valence-electron chi connectivity index (χ1n) is 10.8. The zero-order valence-corrected chi connectivity index (χ0v) is 21.9. The summed E-state index contributed by atoms with van der Waals surface area (Å²) in [6.07, 6.45) is 1.65. The number of hydrogen-bond donors (Lipinski definition) is 2. The number of fused-ring (bicyclic) bond motifs is 1. The van der Waals surface area contributed by atoms with Gasteiger partial charge in [-0.2, -0.15) is 9.61 Å². The highest BCUT2D eigenvalue weighted by atomic mass is 79.9. The molecule has 0 atom stereocenters. The Morgan fingerprint density at radius 1 is 0.973 bits per heavy atom. The number of rotatable bonds is 7. The van der Waals surface area contributed by atoms with Crippen molar-refractivity contribution in [3.63, 3.8) is 0 Å². The quantitative estimate of drug-likeness (QED) is 0.221. The number of anilines is 2. The van der Waals surface area contributed by atoms with Gasteiger partial charge in [-0.05, 0) is 51.8 Å². The second-order valence-electron chi connectivity index (χ2n) is 8.00. The summed E-state index contributed by atoms with van der Waals surface area (Å²) < 4.78 is 56.6. The molecular formula is C25H17BrClF2N5O2S. The third kappa shape index (κ3) is 5.43. The molecule has 7 nitrogen and oxygen atoms in total. The van der Waals surface area contributed by atoms with Crippen LogP contribution in [0, 0.1) is 11.6 Å². The Balaban J connectivity index is 1.36. The van der Waals surface area contributed by atoms with Gasteiger partial charge < -0.3 is 5.32 Å². The molecule has 2 heterocycles. The highest BCUT2D eigenvalue weighted by Gasteiger charge is 2.17. The van der Waals surface area contributed by atoms with Crippen molar-refractivity contribution < 1.29 is 17.2 Å². The standard InChI is InChI=1S/C25H17BrClF2N5O2S/c26-21-14-31-34-24(12-23(32-25(21)34)20-3-1-2-4-22(20)27)30-13-15-5-7-18(8-6-15)33-37(35,36)19-10-16(28)9-17(29)11-19/h1-12,14,30,33H,13H2. The summed E-state index contributed by atoms with van der Waals surface area (Å²) >= 11 is 9.86. The Bertz CT molecular complexity index is 1710. The predicted octanol–water partition coefficient (Wildman–Crippen LogP) is 6.50. The molecule has 188 valence electrons. The molecule has 0 unspecified atom stereocenters. The minimum Gasteiger partial charge on any atom is -0.366 e. The average Bonchev–Trinajstić information content (AvgIpc) is 3.23. The first kappa shape index (κ1) is 25.1. The van der Waals surface area contributed by atoms with Crippen LogP contribution in [0.1, 0.15) is 5.56 Å². The number of hydrogen-bond acceptors (Lipinski definition) is 5. The Labute approximate surface area is 224 Å². The van der Waals surface area contributed by atoms with E-state index in [-0.39, 0.29) is 5.69 Å². The van der Waals surface area contributed by atoms with Crippen molar-refractivity contribution in [1.29, 1.82) is 0 Å². The molecule has 0 bridgehead atoms. The van der Waals surface area contributed by atoms with Crippen molar-refractivity contribution in [3.8, 4) is 11.3 Å². The van der Waals surface area contributed by atoms with Crippen molar-refractivity contribution in [2.45, 2.75) is 11.4 Å². The number of halogens is 4. The van der Waals surface area contributed by atoms with Crippen LogP contribution >= 0.6 is 27.5 Å². The van der Waals surface area contributed by atoms with Gasteiger partial charge in [-0.25, -0.2) is 22.2 Å². The van der Waals surface area contributed by atoms with E-state index < -0.39 is 26.6 Å². The summed E-state index contributed by atoms with van der Waals surface area (Å²) in [6.45, 7) is 0.390. The fourth-order valence-electron chi connectivity index (χ4n) is 3.65. The topological polar surface area (TPSA) is 88.4 Å². The van der Waals surface area contributed by atoms with Gasteiger partial charge in [0.2, 0.25) is 0 Å². The first-order chi connectivity index (χ1) is 17.7. The summed E-state index contributed by atoms with van der Waals surface area (Å²) in [4.78, 5) is 4.18. The van der Waals surface area contributed by atoms with Gasteiger partial charge in [0.1, 0.15) is 17.5 Å². The molecule has 3 aromatic carbocycles. The highest BCUT2D eigenvalue weighted by Crippen LogP contribution is 2.30. The Hall–Kier alpha value is -3.54. The molecule has 12 heteroatoms. The second-order valence-corrected chi connectivity index (χ2v) is 10.9. The lowest BCUT2D eigenvalue weighted by molar-refractivity contribution is 0.568. The molecule has 0 fully saturated rings. The summed E-state index contributed by atoms with van der Waals surface area (Å²) in [5, 5.41) is 8.26. The van der Waals surface area contributed by atoms with Crippen molar-refractivity contribution in [2.24, 2.45) is 0 Å². The lowest BCUT2D eigenvalue weighted by atomic mass is 10.1. The largest absolute Gasteiger partial charge is 0.366 e. The normalized spacial score (nSPS) is 11.6. The molecule has 2 N–H and O–H groups in total. The van der Waals surface area contributed by atoms with Crippen LogP contribution in [0.4, 0.5) is 20.3 Å². The molecule has 0 spiro atoms. The second kappa shape index (κ2) is 10.1. The van der Waals surface area contributed by atoms with Gasteiger partial charge in [0.05, 0.1) is 21.3 Å². The fraction of sp³-hybridized carbons (Fsp3) is 0.0400. The Morgan fingerprint density at radius 2 is 1.68 bits per heavy atom. The summed E-state index contributed by atoms with van der Waals surface area (Å²) in [5.74, 6) is -1.29. The van der Waals surface area contributed by atoms with E-state index in [0.717, 1.165) is 27.7 Å². The van der Waals surface area contributed by atoms with Gasteiger partial charge in [0, 0.05) is 35.0 Å². The van der Waals surface area contributed by atoms with Crippen LogP contribution in [0.25, 0.3) is 16.9 Å².